The molecule has 0 atom stereocenters. The van der Waals surface area contributed by atoms with Gasteiger partial charge in [0.2, 0.25) is 9.84 Å². The standard InChI is InChI=1S/C25H23B2N3Si.C15H25B2N3.C14H23B2N3.C13H21B2N3.C12H19B2N3.C10H17B2N3Si.C9H8N2.4Ir.2Os/c1-28-26(22-14-6-2-7-15-22)29(24-18-10-4-11-19-24)31-30(25-20-12-5-13-21-25)27(28)23-16-8-3-9-17-23;1-5-6-10-13-20-16(2)18(4)14-19(17(20)3)15-11-8-7-9-12-15;1-5-6-12-19-15(2)17(4)13-18(16(19)3)14-10-8-7-9-11-14;1-5-11-18-14(2)16(4)12-17(15(18)3)13-9-7-6-8-10-13;1-11(2)17-13(3)15-10-16(14(17)4)12-8-6-5-7-9-12;1-11-13(3)12(2)15(16-14(11)4)10-8-6-5-7-9-10;1-2-4-9(5-3-1)11-7-6-10-8-11;;;;;;/h2-20,31H,1H3;7-9,11,14H,5-6,10,13H2,1-4H3;7-10,13H,5-6,12H2,1-4H3;6-9,12H,5,11H2,1-4H3;5-8,10-11,15H,1-4H3;5-8,16H,1-4H3;1-4,6-8,10H;;;;;;/q-1;4*-2;-1;-2;;;;;;+1. The van der Waals surface area contributed by atoms with Crippen molar-refractivity contribution >= 4 is 160 Å². The fourth-order valence-electron chi connectivity index (χ4n) is 17.9. The number of anilines is 8. The normalized spacial score (nSPS) is 16.5. The van der Waals surface area contributed by atoms with Crippen molar-refractivity contribution in [3.05, 3.63) is 349 Å². The Hall–Kier alpha value is -5.22. The zero-order valence-electron chi connectivity index (χ0n) is 84.5. The predicted octanol–water partition coefficient (Wildman–Crippen LogP) is 15.0. The number of para-hydroxylation sites is 8. The molecule has 138 heavy (non-hydrogen) atoms. The summed E-state index contributed by atoms with van der Waals surface area (Å²) in [5.74, 6) is 0. The zero-order valence-corrected chi connectivity index (χ0v) is 101. The fourth-order valence-corrected chi connectivity index (χ4v) is 21.2. The van der Waals surface area contributed by atoms with Crippen molar-refractivity contribution < 1.29 is 120 Å². The van der Waals surface area contributed by atoms with E-state index in [9.17, 15) is 0 Å². The number of nitrogens with zero attached hydrogens (tertiary/aromatic N) is 18. The van der Waals surface area contributed by atoms with Gasteiger partial charge >= 0.3 is 40.7 Å². The number of unbranched alkanes of at least 4 members (excludes halogenated alkanes) is 3. The molecular weight excluding hydrogens is 2790 g/mol. The van der Waals surface area contributed by atoms with Gasteiger partial charge in [-0.1, -0.05) is 212 Å². The van der Waals surface area contributed by atoms with Crippen molar-refractivity contribution in [3.63, 3.8) is 0 Å². The average Bonchev–Trinajstić information content (AvgIpc) is 0.769. The summed E-state index contributed by atoms with van der Waals surface area (Å²) in [4.78, 5) is 17.9. The molecule has 17 rings (SSSR count). The number of hydrogen-bond donors (Lipinski definition) is 2. The largest absolute Gasteiger partial charge is 1.00 e. The summed E-state index contributed by atoms with van der Waals surface area (Å²) < 4.78 is 24.9. The molecule has 40 heteroatoms. The molecule has 0 amide bonds. The quantitative estimate of drug-likeness (QED) is 0.0431. The van der Waals surface area contributed by atoms with E-state index in [-0.39, 0.29) is 154 Å². The van der Waals surface area contributed by atoms with Crippen LogP contribution in [0, 0.1) is 75.8 Å². The molecule has 0 bridgehead atoms. The Morgan fingerprint density at radius 2 is 0.696 bits per heavy atom. The molecule has 10 aromatic rings. The van der Waals surface area contributed by atoms with Gasteiger partial charge in [-0.25, -0.2) is 26.7 Å². The molecule has 0 saturated carbocycles. The van der Waals surface area contributed by atoms with E-state index in [1.807, 2.05) is 127 Å². The van der Waals surface area contributed by atoms with Crippen LogP contribution >= 0.6 is 0 Å². The van der Waals surface area contributed by atoms with Crippen LogP contribution in [0.25, 0.3) is 0 Å². The third-order valence-electron chi connectivity index (χ3n) is 26.0. The number of rotatable bonds is 20. The number of benzene rings is 10. The molecule has 6 saturated heterocycles. The van der Waals surface area contributed by atoms with Crippen molar-refractivity contribution in [1.82, 2.24) is 57.8 Å². The third kappa shape index (κ3) is 33.9. The first kappa shape index (κ1) is 123. The maximum absolute atomic E-state index is 3.48. The average molecular weight is 2930 g/mol. The second-order valence-corrected chi connectivity index (χ2v) is 38.0. The smallest absolute Gasteiger partial charge is 0.562 e. The molecule has 0 spiro atoms. The van der Waals surface area contributed by atoms with Crippen LogP contribution in [0.3, 0.4) is 0 Å². The maximum Gasteiger partial charge on any atom is 1.00 e. The van der Waals surface area contributed by atoms with Crippen LogP contribution in [0.5, 0.6) is 0 Å². The first-order valence-electron chi connectivity index (χ1n) is 47.6. The van der Waals surface area contributed by atoms with Gasteiger partial charge in [0.05, 0.1) is 0 Å². The van der Waals surface area contributed by atoms with Crippen LogP contribution in [0.2, 0.25) is 68.2 Å². The molecule has 7 aliphatic heterocycles. The van der Waals surface area contributed by atoms with Gasteiger partial charge in [-0.3, -0.25) is 0 Å². The molecule has 0 unspecified atom stereocenters. The van der Waals surface area contributed by atoms with Gasteiger partial charge in [-0.2, -0.15) is 207 Å². The summed E-state index contributed by atoms with van der Waals surface area (Å²) in [6, 6.07) is 113. The zero-order chi connectivity index (χ0) is 94.2. The van der Waals surface area contributed by atoms with E-state index in [1.54, 1.807) is 0 Å². The second kappa shape index (κ2) is 63.9. The monoisotopic (exact) mass is 2940 g/mol. The first-order valence-corrected chi connectivity index (χ1v) is 49.7. The van der Waals surface area contributed by atoms with Crippen molar-refractivity contribution in [2.24, 2.45) is 0 Å². The Labute approximate surface area is 924 Å². The third-order valence-corrected chi connectivity index (χ3v) is 29.4. The van der Waals surface area contributed by atoms with Crippen molar-refractivity contribution in [2.45, 2.75) is 147 Å². The SMILES string of the molecule is CB1N(C)[SiH]N(c2[c-]cccc2)B(C)N1C.CB1N[CH-]N(c2[c-]cccc2)B(C)N1C(C)C.CCCCCN1B(C)N(C)[CH-]N(c2[c-]cccc2)B1C.CCCCN1B(C)N(C)[CH-]N(c2[c-]cccc2)B1C.CCCN1B(C)N(C)[CH-]N(c2[c-]cccc2)B1C.CN1B(c2ccccc2)N(c2[c-]cccc2)[SiH]N(c2ccccc2)B1c1ccccc1.[Ir].[Ir].[Ir].[Ir].[Os+].[Os].[c-]1ccccc1N1C=CN[CH-]1. The minimum atomic E-state index is -0.225. The van der Waals surface area contributed by atoms with E-state index in [2.05, 4.69) is 462 Å². The van der Waals surface area contributed by atoms with Gasteiger partial charge in [-0.05, 0) is 123 Å². The second-order valence-electron chi connectivity index (χ2n) is 35.1. The van der Waals surface area contributed by atoms with Crippen LogP contribution in [0.15, 0.2) is 273 Å². The van der Waals surface area contributed by atoms with Gasteiger partial charge in [0.25, 0.3) is 72.7 Å². The Kier molecular flexibility index (Phi) is 57.1. The van der Waals surface area contributed by atoms with E-state index < -0.39 is 0 Å². The van der Waals surface area contributed by atoms with Crippen LogP contribution in [0.4, 0.5) is 45.5 Å². The molecule has 20 nitrogen and oxygen atoms in total. The minimum absolute atomic E-state index is 0. The van der Waals surface area contributed by atoms with Crippen molar-refractivity contribution in [3.8, 4) is 0 Å². The van der Waals surface area contributed by atoms with Gasteiger partial charge in [0.1, 0.15) is 0 Å². The topological polar surface area (TPSA) is 82.4 Å². The van der Waals surface area contributed by atoms with Crippen molar-refractivity contribution in [1.29, 1.82) is 0 Å². The van der Waals surface area contributed by atoms with E-state index in [1.165, 1.54) is 60.8 Å². The minimum Gasteiger partial charge on any atom is -0.562 e. The first-order chi connectivity index (χ1) is 64.0. The molecule has 0 aliphatic carbocycles. The fraction of sp³-hybridized carbons (Fsp3) is 0.316. The maximum atomic E-state index is 3.48. The molecular formula is C98H136B12Ir4N20Os2Si2-11. The summed E-state index contributed by atoms with van der Waals surface area (Å²) >= 11 is 0. The van der Waals surface area contributed by atoms with Gasteiger partial charge in [-0.15, -0.1) is 40.6 Å². The van der Waals surface area contributed by atoms with Gasteiger partial charge < -0.3 is 95.4 Å². The molecule has 7 radical (unpaired) electrons. The number of nitrogens with one attached hydrogen (secondary N) is 2. The van der Waals surface area contributed by atoms with Crippen LogP contribution in [-0.4, -0.2) is 219 Å². The van der Waals surface area contributed by atoms with Crippen molar-refractivity contribution in [2.75, 3.05) is 99.5 Å². The van der Waals surface area contributed by atoms with Crippen LogP contribution in [0.1, 0.15) is 73.1 Å². The molecule has 2 N–H and O–H groups in total. The van der Waals surface area contributed by atoms with E-state index in [0.717, 1.165) is 53.8 Å². The molecule has 7 aliphatic rings. The molecule has 7 heterocycles. The van der Waals surface area contributed by atoms with Crippen LogP contribution in [-0.2, 0) is 120 Å². The molecule has 6 fully saturated rings. The molecule has 0 aromatic heterocycles. The Morgan fingerprint density at radius 3 is 1.07 bits per heavy atom. The van der Waals surface area contributed by atoms with E-state index in [0.29, 0.717) is 75.9 Å². The Morgan fingerprint density at radius 1 is 0.341 bits per heavy atom. The van der Waals surface area contributed by atoms with Gasteiger partial charge in [0, 0.05) is 106 Å². The Bertz CT molecular complexity index is 4820. The van der Waals surface area contributed by atoms with E-state index >= 15 is 0 Å². The summed E-state index contributed by atoms with van der Waals surface area (Å²) in [5, 5.41) is 6.37. The van der Waals surface area contributed by atoms with Gasteiger partial charge in [0.15, 0.2) is 0 Å². The summed E-state index contributed by atoms with van der Waals surface area (Å²) in [5.41, 5.74) is 11.7. The molecule has 735 valence electrons. The Balaban J connectivity index is 0.000000287. The van der Waals surface area contributed by atoms with Crippen LogP contribution < -0.4 is 59.0 Å². The predicted molar refractivity (Wildman–Crippen MR) is 583 cm³/mol. The molecule has 10 aromatic carbocycles. The summed E-state index contributed by atoms with van der Waals surface area (Å²) in [7, 11) is 13.0. The summed E-state index contributed by atoms with van der Waals surface area (Å²) in [6.07, 6.45) is 11.3. The van der Waals surface area contributed by atoms with E-state index in [4.69, 9.17) is 0 Å². The number of hydrogen-bond acceptors (Lipinski definition) is 20. The summed E-state index contributed by atoms with van der Waals surface area (Å²) in [6.45, 7) is 52.1.